The Balaban J connectivity index is 1.82. The lowest BCUT2D eigenvalue weighted by atomic mass is 9.94. The minimum absolute atomic E-state index is 0.291. The van der Waals surface area contributed by atoms with Gasteiger partial charge >= 0.3 is 0 Å². The molecule has 1 aromatic heterocycles. The van der Waals surface area contributed by atoms with Crippen molar-refractivity contribution in [2.75, 3.05) is 5.32 Å². The molecule has 0 saturated carbocycles. The minimum atomic E-state index is -0.291. The maximum Gasteiger partial charge on any atom is 0.258 e. The number of aryl methyl sites for hydroxylation is 2. The van der Waals surface area contributed by atoms with Crippen molar-refractivity contribution in [3.63, 3.8) is 0 Å². The van der Waals surface area contributed by atoms with E-state index in [2.05, 4.69) is 46.4 Å². The van der Waals surface area contributed by atoms with Gasteiger partial charge in [-0.2, -0.15) is 5.26 Å². The van der Waals surface area contributed by atoms with Crippen LogP contribution in [0.2, 0.25) is 0 Å². The molecule has 3 aromatic carbocycles. The summed E-state index contributed by atoms with van der Waals surface area (Å²) >= 11 is 4.99. The number of rotatable bonds is 6. The largest absolute Gasteiger partial charge is 0.322 e. The summed E-state index contributed by atoms with van der Waals surface area (Å²) in [5.74, 6) is 0.393. The number of benzene rings is 3. The molecule has 0 unspecified atom stereocenters. The zero-order valence-electron chi connectivity index (χ0n) is 18.8. The van der Waals surface area contributed by atoms with Crippen LogP contribution in [0, 0.1) is 25.2 Å². The molecule has 0 aliphatic carbocycles. The Morgan fingerprint density at radius 1 is 1.00 bits per heavy atom. The first kappa shape index (κ1) is 23.7. The normalized spacial score (nSPS) is 10.5. The van der Waals surface area contributed by atoms with Crippen molar-refractivity contribution in [3.8, 4) is 17.2 Å². The smallest absolute Gasteiger partial charge is 0.258 e. The number of pyridine rings is 1. The summed E-state index contributed by atoms with van der Waals surface area (Å²) in [4.78, 5) is 18.1. The molecule has 0 spiro atoms. The number of aromatic nitrogens is 1. The number of para-hydroxylation sites is 1. The van der Waals surface area contributed by atoms with Crippen LogP contribution in [0.1, 0.15) is 32.7 Å². The van der Waals surface area contributed by atoms with Gasteiger partial charge in [-0.3, -0.25) is 4.79 Å². The van der Waals surface area contributed by atoms with E-state index in [0.29, 0.717) is 38.9 Å². The van der Waals surface area contributed by atoms with E-state index in [0.717, 1.165) is 10.0 Å². The third-order valence-electron chi connectivity index (χ3n) is 5.47. The fourth-order valence-corrected chi connectivity index (χ4v) is 5.08. The number of thioether (sulfide) groups is 1. The summed E-state index contributed by atoms with van der Waals surface area (Å²) in [7, 11) is 0. The van der Waals surface area contributed by atoms with Crippen LogP contribution in [0.3, 0.4) is 0 Å². The number of carbonyl (C=O) groups is 1. The number of carbonyl (C=O) groups excluding carboxylic acids is 1. The molecular weight excluding hydrogens is 506 g/mol. The van der Waals surface area contributed by atoms with E-state index >= 15 is 0 Å². The van der Waals surface area contributed by atoms with Crippen LogP contribution in [-0.2, 0) is 5.75 Å². The van der Waals surface area contributed by atoms with Gasteiger partial charge in [-0.25, -0.2) is 4.98 Å². The van der Waals surface area contributed by atoms with Gasteiger partial charge in [-0.05, 0) is 54.8 Å². The van der Waals surface area contributed by atoms with Crippen molar-refractivity contribution in [1.82, 2.24) is 4.98 Å². The average molecular weight is 528 g/mol. The maximum absolute atomic E-state index is 13.4. The van der Waals surface area contributed by atoms with Gasteiger partial charge in [-0.15, -0.1) is 11.8 Å². The number of hydrogen-bond donors (Lipinski definition) is 1. The third-order valence-corrected chi connectivity index (χ3v) is 7.03. The summed E-state index contributed by atoms with van der Waals surface area (Å²) in [6.45, 7) is 3.89. The minimum Gasteiger partial charge on any atom is -0.322 e. The second-order valence-electron chi connectivity index (χ2n) is 7.78. The lowest BCUT2D eigenvalue weighted by Gasteiger charge is -2.17. The highest BCUT2D eigenvalue weighted by Gasteiger charge is 2.24. The Kier molecular flexibility index (Phi) is 7.46. The second-order valence-corrected chi connectivity index (χ2v) is 9.66. The first-order chi connectivity index (χ1) is 16.5. The van der Waals surface area contributed by atoms with E-state index in [1.165, 1.54) is 22.9 Å². The molecule has 0 fully saturated rings. The second kappa shape index (κ2) is 10.7. The van der Waals surface area contributed by atoms with Crippen molar-refractivity contribution >= 4 is 39.3 Å². The number of halogens is 1. The van der Waals surface area contributed by atoms with Gasteiger partial charge in [0.25, 0.3) is 5.91 Å². The topological polar surface area (TPSA) is 65.8 Å². The van der Waals surface area contributed by atoms with Crippen LogP contribution >= 0.6 is 27.7 Å². The quantitative estimate of drug-likeness (QED) is 0.263. The predicted octanol–water partition coefficient (Wildman–Crippen LogP) is 7.54. The first-order valence-electron chi connectivity index (χ1n) is 10.7. The highest BCUT2D eigenvalue weighted by Crippen LogP contribution is 2.37. The van der Waals surface area contributed by atoms with Gasteiger partial charge in [0.2, 0.25) is 0 Å². The molecule has 168 valence electrons. The number of hydrogen-bond acceptors (Lipinski definition) is 4. The molecule has 0 saturated heterocycles. The molecule has 0 radical (unpaired) electrons. The number of anilines is 1. The van der Waals surface area contributed by atoms with Gasteiger partial charge in [0.1, 0.15) is 11.1 Å². The zero-order valence-corrected chi connectivity index (χ0v) is 21.2. The van der Waals surface area contributed by atoms with E-state index in [9.17, 15) is 10.1 Å². The lowest BCUT2D eigenvalue weighted by molar-refractivity contribution is 0.102. The molecule has 34 heavy (non-hydrogen) atoms. The van der Waals surface area contributed by atoms with Crippen LogP contribution in [0.4, 0.5) is 5.69 Å². The Labute approximate surface area is 212 Å². The van der Waals surface area contributed by atoms with Gasteiger partial charge < -0.3 is 5.32 Å². The molecule has 4 nitrogen and oxygen atoms in total. The molecule has 4 aromatic rings. The summed E-state index contributed by atoms with van der Waals surface area (Å²) in [6, 6.07) is 27.4. The average Bonchev–Trinajstić information content (AvgIpc) is 2.84. The fourth-order valence-electron chi connectivity index (χ4n) is 3.70. The van der Waals surface area contributed by atoms with Gasteiger partial charge in [-0.1, -0.05) is 70.5 Å². The number of nitriles is 1. The monoisotopic (exact) mass is 527 g/mol. The molecule has 1 heterocycles. The van der Waals surface area contributed by atoms with E-state index in [4.69, 9.17) is 4.98 Å². The van der Waals surface area contributed by atoms with Crippen LogP contribution in [-0.4, -0.2) is 10.9 Å². The number of nitrogens with one attached hydrogen (secondary N) is 1. The van der Waals surface area contributed by atoms with Crippen molar-refractivity contribution < 1.29 is 4.79 Å². The molecule has 0 bridgehead atoms. The van der Waals surface area contributed by atoms with Crippen LogP contribution in [0.25, 0.3) is 11.1 Å². The molecule has 4 rings (SSSR count). The highest BCUT2D eigenvalue weighted by atomic mass is 79.9. The van der Waals surface area contributed by atoms with Crippen LogP contribution in [0.5, 0.6) is 0 Å². The maximum atomic E-state index is 13.4. The summed E-state index contributed by atoms with van der Waals surface area (Å²) in [5.41, 5.74) is 5.85. The Morgan fingerprint density at radius 3 is 2.35 bits per heavy atom. The summed E-state index contributed by atoms with van der Waals surface area (Å²) in [6.07, 6.45) is 0. The SMILES string of the molecule is Cc1ccccc1CSc1nc(C)c(C(=O)Nc2ccccc2)c(-c2ccc(Br)cc2)c1C#N. The standard InChI is InChI=1S/C28H22BrN3OS/c1-18-8-6-7-9-21(18)17-34-28-24(16-30)26(20-12-14-22(29)15-13-20)25(19(2)31-28)27(33)32-23-10-4-3-5-11-23/h3-15H,17H2,1-2H3,(H,32,33). The van der Waals surface area contributed by atoms with Crippen molar-refractivity contribution in [2.45, 2.75) is 24.6 Å². The first-order valence-corrected chi connectivity index (χ1v) is 12.5. The van der Waals surface area contributed by atoms with Crippen LogP contribution < -0.4 is 5.32 Å². The van der Waals surface area contributed by atoms with E-state index in [1.807, 2.05) is 73.7 Å². The lowest BCUT2D eigenvalue weighted by Crippen LogP contribution is -2.17. The van der Waals surface area contributed by atoms with Crippen LogP contribution in [0.15, 0.2) is 88.4 Å². The molecular formula is C28H22BrN3OS. The van der Waals surface area contributed by atoms with Crippen molar-refractivity contribution in [3.05, 3.63) is 111 Å². The Hall–Kier alpha value is -3.40. The number of amides is 1. The molecule has 6 heteroatoms. The highest BCUT2D eigenvalue weighted by molar-refractivity contribution is 9.10. The fraction of sp³-hybridized carbons (Fsp3) is 0.107. The van der Waals surface area contributed by atoms with Gasteiger partial charge in [0.05, 0.1) is 16.8 Å². The molecule has 0 atom stereocenters. The van der Waals surface area contributed by atoms with Crippen molar-refractivity contribution in [1.29, 1.82) is 5.26 Å². The summed E-state index contributed by atoms with van der Waals surface area (Å²) in [5, 5.41) is 13.8. The Morgan fingerprint density at radius 2 is 1.68 bits per heavy atom. The van der Waals surface area contributed by atoms with Gasteiger partial charge in [0.15, 0.2) is 0 Å². The Bertz CT molecular complexity index is 1380. The zero-order chi connectivity index (χ0) is 24.1. The predicted molar refractivity (Wildman–Crippen MR) is 142 cm³/mol. The third kappa shape index (κ3) is 5.22. The molecule has 1 N–H and O–H groups in total. The van der Waals surface area contributed by atoms with E-state index in [-0.39, 0.29) is 5.91 Å². The van der Waals surface area contributed by atoms with E-state index < -0.39 is 0 Å². The number of nitrogens with zero attached hydrogens (tertiary/aromatic N) is 2. The molecule has 1 amide bonds. The van der Waals surface area contributed by atoms with Gasteiger partial charge in [0, 0.05) is 21.5 Å². The summed E-state index contributed by atoms with van der Waals surface area (Å²) < 4.78 is 0.921. The van der Waals surface area contributed by atoms with Crippen molar-refractivity contribution in [2.24, 2.45) is 0 Å². The van der Waals surface area contributed by atoms with E-state index in [1.54, 1.807) is 0 Å². The molecule has 0 aliphatic rings. The molecule has 0 aliphatic heterocycles.